The fourth-order valence-corrected chi connectivity index (χ4v) is 2.02. The van der Waals surface area contributed by atoms with Gasteiger partial charge in [-0.2, -0.15) is 0 Å². The van der Waals surface area contributed by atoms with Crippen molar-refractivity contribution in [3.63, 3.8) is 0 Å². The van der Waals surface area contributed by atoms with Crippen LogP contribution in [-0.2, 0) is 6.54 Å². The third-order valence-electron chi connectivity index (χ3n) is 2.87. The van der Waals surface area contributed by atoms with Crippen molar-refractivity contribution in [3.8, 4) is 0 Å². The zero-order chi connectivity index (χ0) is 12.4. The fraction of sp³-hybridized carbons (Fsp3) is 0.385. The summed E-state index contributed by atoms with van der Waals surface area (Å²) in [6.45, 7) is 5.47. The molecule has 0 spiro atoms. The Hall–Kier alpha value is -1.42. The van der Waals surface area contributed by atoms with Crippen molar-refractivity contribution in [1.29, 1.82) is 0 Å². The average molecular weight is 238 g/mol. The quantitative estimate of drug-likeness (QED) is 0.786. The largest absolute Gasteiger partial charge is 0.356 e. The first-order valence-corrected chi connectivity index (χ1v) is 5.80. The van der Waals surface area contributed by atoms with Crippen LogP contribution in [0.3, 0.4) is 0 Å². The van der Waals surface area contributed by atoms with Gasteiger partial charge < -0.3 is 10.3 Å². The molecule has 4 heteroatoms. The molecule has 0 amide bonds. The Balaban J connectivity index is 2.43. The lowest BCUT2D eigenvalue weighted by atomic mass is 10.1. The molecule has 0 bridgehead atoms. The van der Waals surface area contributed by atoms with Crippen molar-refractivity contribution in [1.82, 2.24) is 10.3 Å². The van der Waals surface area contributed by atoms with Crippen LogP contribution in [0.2, 0.25) is 0 Å². The number of halogens is 2. The molecule has 0 fully saturated rings. The summed E-state index contributed by atoms with van der Waals surface area (Å²) in [5, 5.41) is 3.87. The Morgan fingerprint density at radius 1 is 1.29 bits per heavy atom. The van der Waals surface area contributed by atoms with E-state index in [0.717, 1.165) is 30.3 Å². The SMILES string of the molecule is CCCNCc1c(C)[nH]c2c(F)cc(F)cc12. The standard InChI is InChI=1S/C13H16F2N2/c1-3-4-16-7-11-8(2)17-13-10(11)5-9(14)6-12(13)15/h5-6,16-17H,3-4,7H2,1-2H3. The second-order valence-electron chi connectivity index (χ2n) is 4.22. The van der Waals surface area contributed by atoms with Gasteiger partial charge in [0.25, 0.3) is 0 Å². The Morgan fingerprint density at radius 2 is 2.06 bits per heavy atom. The highest BCUT2D eigenvalue weighted by Crippen LogP contribution is 2.25. The summed E-state index contributed by atoms with van der Waals surface area (Å²) in [5.41, 5.74) is 2.21. The molecule has 1 aromatic carbocycles. The molecule has 1 aromatic heterocycles. The Morgan fingerprint density at radius 3 is 2.76 bits per heavy atom. The van der Waals surface area contributed by atoms with Gasteiger partial charge in [-0.3, -0.25) is 0 Å². The molecule has 0 aliphatic carbocycles. The molecule has 1 heterocycles. The van der Waals surface area contributed by atoms with Crippen LogP contribution in [0.15, 0.2) is 12.1 Å². The van der Waals surface area contributed by atoms with Crippen LogP contribution in [0.5, 0.6) is 0 Å². The first-order chi connectivity index (χ1) is 8.13. The molecule has 0 saturated carbocycles. The summed E-state index contributed by atoms with van der Waals surface area (Å²) in [4.78, 5) is 2.97. The second kappa shape index (κ2) is 4.84. The molecular formula is C13H16F2N2. The maximum Gasteiger partial charge on any atom is 0.150 e. The summed E-state index contributed by atoms with van der Waals surface area (Å²) in [6.07, 6.45) is 1.03. The van der Waals surface area contributed by atoms with Crippen molar-refractivity contribution < 1.29 is 8.78 Å². The Labute approximate surface area is 99.0 Å². The van der Waals surface area contributed by atoms with Gasteiger partial charge >= 0.3 is 0 Å². The van der Waals surface area contributed by atoms with Crippen LogP contribution in [0.1, 0.15) is 24.6 Å². The molecule has 2 N–H and O–H groups in total. The van der Waals surface area contributed by atoms with Gasteiger partial charge in [0.05, 0.1) is 5.52 Å². The first kappa shape index (κ1) is 12.0. The van der Waals surface area contributed by atoms with E-state index in [9.17, 15) is 8.78 Å². The number of aryl methyl sites for hydroxylation is 1. The number of fused-ring (bicyclic) bond motifs is 1. The summed E-state index contributed by atoms with van der Waals surface area (Å²) in [7, 11) is 0. The lowest BCUT2D eigenvalue weighted by Crippen LogP contribution is -2.14. The molecule has 0 radical (unpaired) electrons. The van der Waals surface area contributed by atoms with Crippen LogP contribution < -0.4 is 5.32 Å². The number of rotatable bonds is 4. The van der Waals surface area contributed by atoms with Crippen LogP contribution in [0, 0.1) is 18.6 Å². The lowest BCUT2D eigenvalue weighted by molar-refractivity contribution is 0.590. The highest BCUT2D eigenvalue weighted by molar-refractivity contribution is 5.85. The lowest BCUT2D eigenvalue weighted by Gasteiger charge is -2.03. The van der Waals surface area contributed by atoms with Crippen molar-refractivity contribution in [2.75, 3.05) is 6.54 Å². The van der Waals surface area contributed by atoms with E-state index in [1.54, 1.807) is 0 Å². The molecule has 2 rings (SSSR count). The maximum atomic E-state index is 13.5. The minimum absolute atomic E-state index is 0.386. The number of hydrogen-bond acceptors (Lipinski definition) is 1. The summed E-state index contributed by atoms with van der Waals surface area (Å²) >= 11 is 0. The topological polar surface area (TPSA) is 27.8 Å². The van der Waals surface area contributed by atoms with E-state index < -0.39 is 11.6 Å². The van der Waals surface area contributed by atoms with Gasteiger partial charge in [-0.05, 0) is 31.5 Å². The van der Waals surface area contributed by atoms with E-state index in [-0.39, 0.29) is 0 Å². The number of aromatic nitrogens is 1. The molecule has 92 valence electrons. The number of H-pyrrole nitrogens is 1. The Bertz CT molecular complexity index is 532. The van der Waals surface area contributed by atoms with Gasteiger partial charge in [0, 0.05) is 23.7 Å². The maximum absolute atomic E-state index is 13.5. The molecular weight excluding hydrogens is 222 g/mol. The third kappa shape index (κ3) is 2.31. The summed E-state index contributed by atoms with van der Waals surface area (Å²) in [6, 6.07) is 2.28. The van der Waals surface area contributed by atoms with Crippen LogP contribution >= 0.6 is 0 Å². The van der Waals surface area contributed by atoms with Crippen molar-refractivity contribution in [2.24, 2.45) is 0 Å². The molecule has 2 aromatic rings. The summed E-state index contributed by atoms with van der Waals surface area (Å²) in [5.74, 6) is -1.07. The highest BCUT2D eigenvalue weighted by Gasteiger charge is 2.12. The second-order valence-corrected chi connectivity index (χ2v) is 4.22. The van der Waals surface area contributed by atoms with Gasteiger partial charge in [-0.15, -0.1) is 0 Å². The third-order valence-corrected chi connectivity index (χ3v) is 2.87. The monoisotopic (exact) mass is 238 g/mol. The highest BCUT2D eigenvalue weighted by atomic mass is 19.1. The van der Waals surface area contributed by atoms with E-state index >= 15 is 0 Å². The number of hydrogen-bond donors (Lipinski definition) is 2. The van der Waals surface area contributed by atoms with Crippen LogP contribution in [0.4, 0.5) is 8.78 Å². The molecule has 0 saturated heterocycles. The van der Waals surface area contributed by atoms with Gasteiger partial charge in [-0.25, -0.2) is 8.78 Å². The van der Waals surface area contributed by atoms with E-state index in [4.69, 9.17) is 0 Å². The molecule has 17 heavy (non-hydrogen) atoms. The molecule has 2 nitrogen and oxygen atoms in total. The first-order valence-electron chi connectivity index (χ1n) is 5.80. The van der Waals surface area contributed by atoms with Gasteiger partial charge in [-0.1, -0.05) is 6.92 Å². The average Bonchev–Trinajstić information content (AvgIpc) is 2.57. The molecule has 0 aliphatic rings. The van der Waals surface area contributed by atoms with E-state index in [1.165, 1.54) is 6.07 Å². The number of aromatic amines is 1. The van der Waals surface area contributed by atoms with Crippen molar-refractivity contribution >= 4 is 10.9 Å². The van der Waals surface area contributed by atoms with Crippen LogP contribution in [0.25, 0.3) is 10.9 Å². The van der Waals surface area contributed by atoms with E-state index in [1.807, 2.05) is 6.92 Å². The predicted octanol–water partition coefficient (Wildman–Crippen LogP) is 3.25. The predicted molar refractivity (Wildman–Crippen MR) is 64.9 cm³/mol. The van der Waals surface area contributed by atoms with E-state index in [0.29, 0.717) is 17.4 Å². The zero-order valence-electron chi connectivity index (χ0n) is 10.0. The minimum Gasteiger partial charge on any atom is -0.356 e. The van der Waals surface area contributed by atoms with Crippen molar-refractivity contribution in [2.45, 2.75) is 26.8 Å². The van der Waals surface area contributed by atoms with Gasteiger partial charge in [0.15, 0.2) is 0 Å². The molecule has 0 atom stereocenters. The van der Waals surface area contributed by atoms with Gasteiger partial charge in [0.2, 0.25) is 0 Å². The van der Waals surface area contributed by atoms with E-state index in [2.05, 4.69) is 17.2 Å². The normalized spacial score (nSPS) is 11.3. The summed E-state index contributed by atoms with van der Waals surface area (Å²) < 4.78 is 26.7. The Kier molecular flexibility index (Phi) is 3.43. The fourth-order valence-electron chi connectivity index (χ4n) is 2.02. The van der Waals surface area contributed by atoms with Crippen LogP contribution in [-0.4, -0.2) is 11.5 Å². The van der Waals surface area contributed by atoms with Gasteiger partial charge in [0.1, 0.15) is 11.6 Å². The number of nitrogens with one attached hydrogen (secondary N) is 2. The number of benzene rings is 1. The molecule has 0 aliphatic heterocycles. The molecule has 0 unspecified atom stereocenters. The smallest absolute Gasteiger partial charge is 0.150 e. The zero-order valence-corrected chi connectivity index (χ0v) is 10.0. The minimum atomic E-state index is -0.537. The van der Waals surface area contributed by atoms with Crippen molar-refractivity contribution in [3.05, 3.63) is 35.0 Å².